The molecule has 3 heterocycles. The summed E-state index contributed by atoms with van der Waals surface area (Å²) in [5.41, 5.74) is 2.61. The molecule has 0 bridgehead atoms. The van der Waals surface area contributed by atoms with Crippen molar-refractivity contribution in [2.45, 2.75) is 44.2 Å². The van der Waals surface area contributed by atoms with Crippen molar-refractivity contribution in [3.63, 3.8) is 0 Å². The molecule has 3 aromatic heterocycles. The zero-order valence-corrected chi connectivity index (χ0v) is 17.4. The fraction of sp³-hybridized carbons (Fsp3) is 0.421. The molecule has 0 N–H and O–H groups in total. The van der Waals surface area contributed by atoms with E-state index in [1.54, 1.807) is 28.0 Å². The fourth-order valence-electron chi connectivity index (χ4n) is 3.31. The van der Waals surface area contributed by atoms with Gasteiger partial charge < -0.3 is 4.90 Å². The van der Waals surface area contributed by atoms with E-state index in [0.29, 0.717) is 12.3 Å². The molecule has 3 aromatic rings. The summed E-state index contributed by atoms with van der Waals surface area (Å²) < 4.78 is 0. The molecule has 26 heavy (non-hydrogen) atoms. The van der Waals surface area contributed by atoms with Crippen molar-refractivity contribution in [2.24, 2.45) is 0 Å². The molecule has 0 fully saturated rings. The average Bonchev–Trinajstić information content (AvgIpc) is 3.26. The number of thioether (sulfide) groups is 1. The zero-order valence-electron chi connectivity index (χ0n) is 14.9. The molecule has 1 amide bonds. The molecule has 0 aliphatic heterocycles. The summed E-state index contributed by atoms with van der Waals surface area (Å²) in [7, 11) is 1.87. The number of thiophene rings is 2. The van der Waals surface area contributed by atoms with Crippen molar-refractivity contribution in [2.75, 3.05) is 12.8 Å². The van der Waals surface area contributed by atoms with Gasteiger partial charge in [0.15, 0.2) is 0 Å². The quantitative estimate of drug-likeness (QED) is 0.458. The number of hydrogen-bond donors (Lipinski definition) is 0. The number of carbonyl (C=O) groups excluding carboxylic acids is 1. The highest BCUT2D eigenvalue weighted by molar-refractivity contribution is 8.00. The van der Waals surface area contributed by atoms with E-state index >= 15 is 0 Å². The van der Waals surface area contributed by atoms with Crippen LogP contribution < -0.4 is 0 Å². The summed E-state index contributed by atoms with van der Waals surface area (Å²) >= 11 is 5.03. The van der Waals surface area contributed by atoms with Crippen molar-refractivity contribution < 1.29 is 4.79 Å². The molecular weight excluding hydrogens is 382 g/mol. The van der Waals surface area contributed by atoms with Gasteiger partial charge in [-0.25, -0.2) is 9.97 Å². The van der Waals surface area contributed by atoms with Crippen LogP contribution in [-0.4, -0.2) is 33.6 Å². The van der Waals surface area contributed by atoms with E-state index in [0.717, 1.165) is 28.5 Å². The predicted octanol–water partition coefficient (Wildman–Crippen LogP) is 4.69. The van der Waals surface area contributed by atoms with Gasteiger partial charge in [0.25, 0.3) is 0 Å². The van der Waals surface area contributed by atoms with Crippen LogP contribution in [0.25, 0.3) is 10.2 Å². The topological polar surface area (TPSA) is 46.1 Å². The summed E-state index contributed by atoms with van der Waals surface area (Å²) in [6, 6.07) is 2.07. The number of hydrogen-bond acceptors (Lipinski definition) is 6. The summed E-state index contributed by atoms with van der Waals surface area (Å²) in [6.45, 7) is 2.60. The zero-order chi connectivity index (χ0) is 18.1. The molecular formula is C19H21N3OS3. The highest BCUT2D eigenvalue weighted by Crippen LogP contribution is 2.39. The highest BCUT2D eigenvalue weighted by atomic mass is 32.2. The number of rotatable bonds is 5. The Labute approximate surface area is 165 Å². The lowest BCUT2D eigenvalue weighted by Crippen LogP contribution is -2.27. The largest absolute Gasteiger partial charge is 0.341 e. The van der Waals surface area contributed by atoms with Gasteiger partial charge in [-0.3, -0.25) is 4.79 Å². The van der Waals surface area contributed by atoms with Gasteiger partial charge in [0.1, 0.15) is 15.7 Å². The number of carbonyl (C=O) groups is 1. The second-order valence-corrected chi connectivity index (χ2v) is 9.46. The van der Waals surface area contributed by atoms with E-state index in [1.807, 2.05) is 30.7 Å². The molecule has 7 heteroatoms. The Hall–Kier alpha value is -1.44. The molecule has 1 aliphatic rings. The molecule has 4 rings (SSSR count). The molecule has 0 unspecified atom stereocenters. The molecule has 0 radical (unpaired) electrons. The molecule has 0 spiro atoms. The molecule has 0 atom stereocenters. The fourth-order valence-corrected chi connectivity index (χ4v) is 6.39. The summed E-state index contributed by atoms with van der Waals surface area (Å²) in [5, 5.41) is 6.31. The van der Waals surface area contributed by atoms with Crippen LogP contribution in [0.1, 0.15) is 34.7 Å². The van der Waals surface area contributed by atoms with E-state index in [2.05, 4.69) is 21.4 Å². The van der Waals surface area contributed by atoms with Gasteiger partial charge in [0.2, 0.25) is 5.91 Å². The lowest BCUT2D eigenvalue weighted by Gasteiger charge is -2.16. The van der Waals surface area contributed by atoms with Gasteiger partial charge in [-0.05, 0) is 60.6 Å². The third kappa shape index (κ3) is 3.66. The molecule has 0 saturated heterocycles. The van der Waals surface area contributed by atoms with Crippen molar-refractivity contribution in [1.82, 2.24) is 14.9 Å². The van der Waals surface area contributed by atoms with E-state index in [1.165, 1.54) is 34.2 Å². The van der Waals surface area contributed by atoms with Crippen LogP contribution in [0.2, 0.25) is 0 Å². The Morgan fingerprint density at radius 3 is 2.96 bits per heavy atom. The van der Waals surface area contributed by atoms with Crippen molar-refractivity contribution in [3.05, 3.63) is 38.7 Å². The lowest BCUT2D eigenvalue weighted by atomic mass is 9.97. The van der Waals surface area contributed by atoms with Crippen LogP contribution in [0.15, 0.2) is 21.9 Å². The first-order chi connectivity index (χ1) is 12.6. The maximum atomic E-state index is 12.6. The van der Waals surface area contributed by atoms with E-state index < -0.39 is 0 Å². The normalized spacial score (nSPS) is 13.8. The van der Waals surface area contributed by atoms with Crippen molar-refractivity contribution in [1.29, 1.82) is 0 Å². The Balaban J connectivity index is 1.53. The third-order valence-electron chi connectivity index (χ3n) is 4.65. The Bertz CT molecular complexity index is 933. The third-order valence-corrected chi connectivity index (χ3v) is 7.53. The van der Waals surface area contributed by atoms with Crippen LogP contribution >= 0.6 is 34.4 Å². The molecule has 0 aromatic carbocycles. The minimum atomic E-state index is 0.134. The molecule has 1 aliphatic carbocycles. The predicted molar refractivity (Wildman–Crippen MR) is 110 cm³/mol. The average molecular weight is 404 g/mol. The Morgan fingerprint density at radius 1 is 1.31 bits per heavy atom. The number of nitrogens with zero attached hydrogens (tertiary/aromatic N) is 3. The first kappa shape index (κ1) is 17.9. The Morgan fingerprint density at radius 2 is 2.15 bits per heavy atom. The number of amides is 1. The first-order valence-corrected chi connectivity index (χ1v) is 11.5. The van der Waals surface area contributed by atoms with Crippen LogP contribution in [-0.2, 0) is 24.2 Å². The van der Waals surface area contributed by atoms with Gasteiger partial charge in [0.05, 0.1) is 5.75 Å². The van der Waals surface area contributed by atoms with E-state index in [-0.39, 0.29) is 5.91 Å². The molecule has 136 valence electrons. The van der Waals surface area contributed by atoms with Gasteiger partial charge in [-0.2, -0.15) is 11.3 Å². The van der Waals surface area contributed by atoms with Gasteiger partial charge >= 0.3 is 0 Å². The first-order valence-electron chi connectivity index (χ1n) is 8.78. The van der Waals surface area contributed by atoms with Crippen LogP contribution in [0.4, 0.5) is 0 Å². The standard InChI is InChI=1S/C19H21N3OS3/c1-12-20-18(17-14-5-3-4-6-15(14)26-19(17)21-12)25-11-16(23)22(2)9-13-7-8-24-10-13/h7-8,10H,3-6,9,11H2,1-2H3. The minimum Gasteiger partial charge on any atom is -0.341 e. The van der Waals surface area contributed by atoms with Crippen LogP contribution in [0.5, 0.6) is 0 Å². The van der Waals surface area contributed by atoms with Crippen molar-refractivity contribution >= 4 is 50.6 Å². The number of aryl methyl sites for hydroxylation is 3. The van der Waals surface area contributed by atoms with Gasteiger partial charge in [0, 0.05) is 23.9 Å². The van der Waals surface area contributed by atoms with E-state index in [9.17, 15) is 4.79 Å². The minimum absolute atomic E-state index is 0.134. The molecule has 4 nitrogen and oxygen atoms in total. The second-order valence-electron chi connectivity index (χ2n) is 6.64. The maximum absolute atomic E-state index is 12.6. The van der Waals surface area contributed by atoms with Crippen LogP contribution in [0.3, 0.4) is 0 Å². The maximum Gasteiger partial charge on any atom is 0.233 e. The Kier molecular flexibility index (Phi) is 5.29. The summed E-state index contributed by atoms with van der Waals surface area (Å²) in [4.78, 5) is 26.2. The van der Waals surface area contributed by atoms with Crippen LogP contribution in [0, 0.1) is 6.92 Å². The van der Waals surface area contributed by atoms with Gasteiger partial charge in [-0.15, -0.1) is 11.3 Å². The van der Waals surface area contributed by atoms with Crippen molar-refractivity contribution in [3.8, 4) is 0 Å². The molecule has 0 saturated carbocycles. The second kappa shape index (κ2) is 7.66. The monoisotopic (exact) mass is 403 g/mol. The number of aromatic nitrogens is 2. The van der Waals surface area contributed by atoms with E-state index in [4.69, 9.17) is 0 Å². The highest BCUT2D eigenvalue weighted by Gasteiger charge is 2.21. The summed E-state index contributed by atoms with van der Waals surface area (Å²) in [5.74, 6) is 1.34. The smallest absolute Gasteiger partial charge is 0.233 e. The lowest BCUT2D eigenvalue weighted by molar-refractivity contribution is -0.127. The number of fused-ring (bicyclic) bond motifs is 3. The SMILES string of the molecule is Cc1nc(SCC(=O)N(C)Cc2ccsc2)c2c3c(sc2n1)CCCC3. The summed E-state index contributed by atoms with van der Waals surface area (Å²) in [6.07, 6.45) is 4.77. The van der Waals surface area contributed by atoms with Gasteiger partial charge in [-0.1, -0.05) is 11.8 Å².